The standard InChI is InChI=1S/C23H24FN3O5/c1-14-9-20(30)22(26-27(14)18-6-4-3-5-17(18)24)23(31)25-12-16(13-28)10-15-7-8-21(32-2)19(29)11-15/h3-9,11,16,28-29H,10,12-13H2,1-2H3,(H,25,31)/t16-/m1/s1. The molecule has 0 aliphatic carbocycles. The average molecular weight is 441 g/mol. The van der Waals surface area contributed by atoms with Crippen molar-refractivity contribution in [1.29, 1.82) is 0 Å². The van der Waals surface area contributed by atoms with Gasteiger partial charge < -0.3 is 20.3 Å². The maximum absolute atomic E-state index is 14.2. The van der Waals surface area contributed by atoms with Crippen LogP contribution in [0.4, 0.5) is 4.39 Å². The Morgan fingerprint density at radius 1 is 1.25 bits per heavy atom. The number of nitrogens with zero attached hydrogens (tertiary/aromatic N) is 2. The number of phenolic OH excluding ortho intramolecular Hbond substituents is 1. The van der Waals surface area contributed by atoms with Gasteiger partial charge in [0.1, 0.15) is 11.5 Å². The molecule has 32 heavy (non-hydrogen) atoms. The van der Waals surface area contributed by atoms with Crippen molar-refractivity contribution in [2.45, 2.75) is 13.3 Å². The highest BCUT2D eigenvalue weighted by Gasteiger charge is 2.18. The van der Waals surface area contributed by atoms with E-state index in [1.54, 1.807) is 25.1 Å². The summed E-state index contributed by atoms with van der Waals surface area (Å²) in [4.78, 5) is 25.0. The summed E-state index contributed by atoms with van der Waals surface area (Å²) in [5, 5.41) is 26.3. The van der Waals surface area contributed by atoms with E-state index in [4.69, 9.17) is 4.74 Å². The van der Waals surface area contributed by atoms with Crippen LogP contribution in [0.25, 0.3) is 5.69 Å². The Labute approximate surface area is 183 Å². The highest BCUT2D eigenvalue weighted by atomic mass is 19.1. The lowest BCUT2D eigenvalue weighted by molar-refractivity contribution is 0.0932. The van der Waals surface area contributed by atoms with Crippen molar-refractivity contribution in [3.05, 3.63) is 81.5 Å². The highest BCUT2D eigenvalue weighted by molar-refractivity contribution is 5.92. The summed E-state index contributed by atoms with van der Waals surface area (Å²) in [6.07, 6.45) is 0.370. The van der Waals surface area contributed by atoms with Crippen LogP contribution in [0.3, 0.4) is 0 Å². The third-order valence-electron chi connectivity index (χ3n) is 4.98. The van der Waals surface area contributed by atoms with E-state index in [1.807, 2.05) is 0 Å². The first-order chi connectivity index (χ1) is 15.3. The van der Waals surface area contributed by atoms with Crippen LogP contribution in [0.5, 0.6) is 11.5 Å². The van der Waals surface area contributed by atoms with Crippen molar-refractivity contribution in [2.75, 3.05) is 20.3 Å². The van der Waals surface area contributed by atoms with Crippen LogP contribution in [0.2, 0.25) is 0 Å². The molecule has 0 spiro atoms. The van der Waals surface area contributed by atoms with Gasteiger partial charge in [-0.3, -0.25) is 9.59 Å². The normalized spacial score (nSPS) is 11.8. The number of phenols is 1. The fourth-order valence-electron chi connectivity index (χ4n) is 3.29. The largest absolute Gasteiger partial charge is 0.504 e. The Balaban J connectivity index is 1.75. The van der Waals surface area contributed by atoms with Crippen LogP contribution in [-0.2, 0) is 6.42 Å². The second-order valence-corrected chi connectivity index (χ2v) is 7.33. The van der Waals surface area contributed by atoms with E-state index in [1.165, 1.54) is 42.1 Å². The lowest BCUT2D eigenvalue weighted by Crippen LogP contribution is -2.36. The zero-order valence-corrected chi connectivity index (χ0v) is 17.7. The number of carbonyl (C=O) groups excluding carboxylic acids is 1. The summed E-state index contributed by atoms with van der Waals surface area (Å²) in [5.74, 6) is -1.33. The van der Waals surface area contributed by atoms with E-state index in [0.717, 1.165) is 5.56 Å². The predicted molar refractivity (Wildman–Crippen MR) is 116 cm³/mol. The smallest absolute Gasteiger partial charge is 0.275 e. The zero-order valence-electron chi connectivity index (χ0n) is 17.7. The van der Waals surface area contributed by atoms with E-state index in [9.17, 15) is 24.2 Å². The molecule has 0 saturated carbocycles. The Bertz CT molecular complexity index is 1180. The Hall–Kier alpha value is -3.72. The highest BCUT2D eigenvalue weighted by Crippen LogP contribution is 2.27. The summed E-state index contributed by atoms with van der Waals surface area (Å²) >= 11 is 0. The summed E-state index contributed by atoms with van der Waals surface area (Å²) in [6.45, 7) is 1.43. The van der Waals surface area contributed by atoms with Crippen LogP contribution in [0, 0.1) is 18.7 Å². The van der Waals surface area contributed by atoms with E-state index >= 15 is 0 Å². The maximum Gasteiger partial charge on any atom is 0.275 e. The molecule has 9 heteroatoms. The van der Waals surface area contributed by atoms with Gasteiger partial charge >= 0.3 is 0 Å². The molecule has 1 aromatic heterocycles. The topological polar surface area (TPSA) is 114 Å². The minimum atomic E-state index is -0.726. The number of carbonyl (C=O) groups is 1. The first-order valence-electron chi connectivity index (χ1n) is 9.94. The van der Waals surface area contributed by atoms with E-state index < -0.39 is 17.2 Å². The number of methoxy groups -OCH3 is 1. The SMILES string of the molecule is COc1ccc(C[C@@H](CO)CNC(=O)c2nn(-c3ccccc3F)c(C)cc2=O)cc1O. The van der Waals surface area contributed by atoms with Gasteiger partial charge in [-0.05, 0) is 43.2 Å². The lowest BCUT2D eigenvalue weighted by Gasteiger charge is -2.16. The predicted octanol–water partition coefficient (Wildman–Crippen LogP) is 1.98. The number of aryl methyl sites for hydroxylation is 1. The number of aromatic hydroxyl groups is 1. The van der Waals surface area contributed by atoms with E-state index in [2.05, 4.69) is 10.4 Å². The number of halogens is 1. The first-order valence-corrected chi connectivity index (χ1v) is 9.94. The second-order valence-electron chi connectivity index (χ2n) is 7.33. The van der Waals surface area contributed by atoms with Gasteiger partial charge in [0.2, 0.25) is 5.43 Å². The Morgan fingerprint density at radius 2 is 2.00 bits per heavy atom. The van der Waals surface area contributed by atoms with Crippen molar-refractivity contribution in [2.24, 2.45) is 5.92 Å². The van der Waals surface area contributed by atoms with Crippen molar-refractivity contribution < 1.29 is 24.1 Å². The number of hydrogen-bond acceptors (Lipinski definition) is 6. The number of amides is 1. The number of aliphatic hydroxyl groups excluding tert-OH is 1. The number of para-hydroxylation sites is 1. The molecular weight excluding hydrogens is 417 g/mol. The van der Waals surface area contributed by atoms with Crippen LogP contribution >= 0.6 is 0 Å². The van der Waals surface area contributed by atoms with Gasteiger partial charge in [0.15, 0.2) is 17.2 Å². The van der Waals surface area contributed by atoms with Gasteiger partial charge in [-0.1, -0.05) is 18.2 Å². The molecule has 8 nitrogen and oxygen atoms in total. The average Bonchev–Trinajstić information content (AvgIpc) is 2.77. The van der Waals surface area contributed by atoms with Crippen molar-refractivity contribution in [3.8, 4) is 17.2 Å². The molecule has 3 aromatic rings. The minimum Gasteiger partial charge on any atom is -0.504 e. The van der Waals surface area contributed by atoms with Crippen molar-refractivity contribution in [3.63, 3.8) is 0 Å². The summed E-state index contributed by atoms with van der Waals surface area (Å²) in [7, 11) is 1.44. The first kappa shape index (κ1) is 23.0. The number of rotatable bonds is 8. The third-order valence-corrected chi connectivity index (χ3v) is 4.98. The molecule has 3 N–H and O–H groups in total. The van der Waals surface area contributed by atoms with Gasteiger partial charge in [-0.2, -0.15) is 5.10 Å². The molecule has 168 valence electrons. The summed E-state index contributed by atoms with van der Waals surface area (Å²) < 4.78 is 20.4. The van der Waals surface area contributed by atoms with Gasteiger partial charge in [0.25, 0.3) is 5.91 Å². The van der Waals surface area contributed by atoms with E-state index in [0.29, 0.717) is 17.9 Å². The number of nitrogens with one attached hydrogen (secondary N) is 1. The molecule has 1 atom stereocenters. The maximum atomic E-state index is 14.2. The quantitative estimate of drug-likeness (QED) is 0.493. The van der Waals surface area contributed by atoms with Crippen molar-refractivity contribution in [1.82, 2.24) is 15.1 Å². The van der Waals surface area contributed by atoms with Gasteiger partial charge in [0, 0.05) is 30.8 Å². The Morgan fingerprint density at radius 3 is 2.66 bits per heavy atom. The minimum absolute atomic E-state index is 0.0247. The van der Waals surface area contributed by atoms with Gasteiger partial charge in [-0.25, -0.2) is 9.07 Å². The molecule has 0 bridgehead atoms. The number of ether oxygens (including phenoxy) is 1. The second kappa shape index (κ2) is 10.1. The van der Waals surface area contributed by atoms with Gasteiger partial charge in [0.05, 0.1) is 7.11 Å². The summed E-state index contributed by atoms with van der Waals surface area (Å²) in [5.41, 5.74) is 0.272. The van der Waals surface area contributed by atoms with Crippen LogP contribution < -0.4 is 15.5 Å². The van der Waals surface area contributed by atoms with E-state index in [-0.39, 0.29) is 36.2 Å². The number of aromatic nitrogens is 2. The zero-order chi connectivity index (χ0) is 23.3. The number of hydrogen-bond donors (Lipinski definition) is 3. The number of aliphatic hydroxyl groups is 1. The lowest BCUT2D eigenvalue weighted by atomic mass is 9.99. The fraction of sp³-hybridized carbons (Fsp3) is 0.261. The van der Waals surface area contributed by atoms with Crippen LogP contribution in [0.15, 0.2) is 53.3 Å². The summed E-state index contributed by atoms with van der Waals surface area (Å²) in [6, 6.07) is 12.0. The molecule has 2 aromatic carbocycles. The molecule has 1 heterocycles. The Kier molecular flexibility index (Phi) is 7.21. The third kappa shape index (κ3) is 5.12. The fourth-order valence-corrected chi connectivity index (χ4v) is 3.29. The molecule has 0 fully saturated rings. The molecule has 0 aliphatic heterocycles. The molecule has 1 amide bonds. The van der Waals surface area contributed by atoms with Crippen molar-refractivity contribution >= 4 is 5.91 Å². The van der Waals surface area contributed by atoms with Crippen LogP contribution in [0.1, 0.15) is 21.7 Å². The molecule has 0 unspecified atom stereocenters. The molecule has 0 aliphatic rings. The molecule has 0 radical (unpaired) electrons. The molecule has 3 rings (SSSR count). The number of benzene rings is 2. The molecular formula is C23H24FN3O5. The molecule has 0 saturated heterocycles. The van der Waals surface area contributed by atoms with Crippen LogP contribution in [-0.4, -0.2) is 46.2 Å². The van der Waals surface area contributed by atoms with Gasteiger partial charge in [-0.15, -0.1) is 0 Å². The monoisotopic (exact) mass is 441 g/mol.